The predicted molar refractivity (Wildman–Crippen MR) is 88.9 cm³/mol. The van der Waals surface area contributed by atoms with Gasteiger partial charge in [-0.2, -0.15) is 0 Å². The fraction of sp³-hybridized carbons (Fsp3) is 0.812. The molecule has 4 N–H and O–H groups in total. The molecule has 0 rings (SSSR count). The minimum atomic E-state index is -0.752. The number of nitrogens with one attached hydrogen (secondary N) is 2. The summed E-state index contributed by atoms with van der Waals surface area (Å²) in [5.74, 6) is -0.415. The van der Waals surface area contributed by atoms with Gasteiger partial charge in [-0.15, -0.1) is 0 Å². The van der Waals surface area contributed by atoms with E-state index in [-0.39, 0.29) is 5.92 Å². The van der Waals surface area contributed by atoms with Crippen LogP contribution >= 0.6 is 0 Å². The molecule has 0 heterocycles. The zero-order chi connectivity index (χ0) is 18.0. The zero-order valence-corrected chi connectivity index (χ0v) is 14.8. The molecule has 2 atom stereocenters. The molecule has 0 spiro atoms. The normalized spacial score (nSPS) is 14.0. The number of carbonyl (C=O) groups is 3. The summed E-state index contributed by atoms with van der Waals surface area (Å²) in [4.78, 5) is 35.3. The van der Waals surface area contributed by atoms with Crippen LogP contribution in [-0.2, 0) is 14.3 Å². The summed E-state index contributed by atoms with van der Waals surface area (Å²) >= 11 is 0. The van der Waals surface area contributed by atoms with E-state index in [0.717, 1.165) is 6.42 Å². The number of amides is 2. The van der Waals surface area contributed by atoms with Gasteiger partial charge in [0.05, 0.1) is 6.04 Å². The SMILES string of the molecule is CC(C)[C@@H](C=O)NC(=O)[C@H](CCCCN)NC(=O)OC(C)(C)C. The minimum Gasteiger partial charge on any atom is -0.444 e. The number of nitrogens with two attached hydrogens (primary N) is 1. The van der Waals surface area contributed by atoms with Crippen LogP contribution in [0, 0.1) is 5.92 Å². The molecule has 0 aromatic rings. The van der Waals surface area contributed by atoms with E-state index in [4.69, 9.17) is 10.5 Å². The molecule has 0 aromatic heterocycles. The van der Waals surface area contributed by atoms with Crippen LogP contribution in [0.25, 0.3) is 0 Å². The van der Waals surface area contributed by atoms with Crippen molar-refractivity contribution in [3.8, 4) is 0 Å². The number of carbonyl (C=O) groups excluding carboxylic acids is 3. The highest BCUT2D eigenvalue weighted by molar-refractivity contribution is 5.87. The highest BCUT2D eigenvalue weighted by atomic mass is 16.6. The molecular weight excluding hydrogens is 298 g/mol. The number of alkyl carbamates (subject to hydrolysis) is 1. The van der Waals surface area contributed by atoms with E-state index in [1.54, 1.807) is 20.8 Å². The molecule has 0 bridgehead atoms. The lowest BCUT2D eigenvalue weighted by molar-refractivity contribution is -0.126. The van der Waals surface area contributed by atoms with Gasteiger partial charge in [0.25, 0.3) is 0 Å². The van der Waals surface area contributed by atoms with Crippen LogP contribution in [0.4, 0.5) is 4.79 Å². The van der Waals surface area contributed by atoms with Gasteiger partial charge in [-0.25, -0.2) is 4.79 Å². The molecule has 7 nitrogen and oxygen atoms in total. The van der Waals surface area contributed by atoms with Crippen molar-refractivity contribution in [3.05, 3.63) is 0 Å². The fourth-order valence-electron chi connectivity index (χ4n) is 1.83. The summed E-state index contributed by atoms with van der Waals surface area (Å²) in [5.41, 5.74) is 4.81. The molecule has 0 fully saturated rings. The molecule has 7 heteroatoms. The number of hydrogen-bond acceptors (Lipinski definition) is 5. The average Bonchev–Trinajstić information content (AvgIpc) is 2.41. The lowest BCUT2D eigenvalue weighted by atomic mass is 10.0. The minimum absolute atomic E-state index is 0.0253. The molecule has 2 amide bonds. The standard InChI is InChI=1S/C16H31N3O4/c1-11(2)13(10-20)18-14(21)12(8-6-7-9-17)19-15(22)23-16(3,4)5/h10-13H,6-9,17H2,1-5H3,(H,18,21)(H,19,22)/t12-,13+/m0/s1. The third-order valence-electron chi connectivity index (χ3n) is 3.13. The van der Waals surface area contributed by atoms with Gasteiger partial charge in [0.15, 0.2) is 0 Å². The fourth-order valence-corrected chi connectivity index (χ4v) is 1.83. The molecule has 0 aliphatic heterocycles. The van der Waals surface area contributed by atoms with Crippen LogP contribution in [0.3, 0.4) is 0 Å². The molecule has 134 valence electrons. The highest BCUT2D eigenvalue weighted by Crippen LogP contribution is 2.09. The molecule has 23 heavy (non-hydrogen) atoms. The van der Waals surface area contributed by atoms with Crippen molar-refractivity contribution in [1.82, 2.24) is 10.6 Å². The van der Waals surface area contributed by atoms with Crippen molar-refractivity contribution in [2.24, 2.45) is 11.7 Å². The summed E-state index contributed by atoms with van der Waals surface area (Å²) in [6.07, 6.45) is 1.93. The molecule has 0 unspecified atom stereocenters. The summed E-state index contributed by atoms with van der Waals surface area (Å²) in [6.45, 7) is 9.43. The predicted octanol–water partition coefficient (Wildman–Crippen LogP) is 1.35. The van der Waals surface area contributed by atoms with E-state index in [2.05, 4.69) is 10.6 Å². The first-order valence-electron chi connectivity index (χ1n) is 8.06. The monoisotopic (exact) mass is 329 g/mol. The molecular formula is C16H31N3O4. The molecule has 0 saturated carbocycles. The van der Waals surface area contributed by atoms with Crippen LogP contribution in [-0.4, -0.2) is 42.5 Å². The number of aldehydes is 1. The second-order valence-corrected chi connectivity index (χ2v) is 6.90. The quantitative estimate of drug-likeness (QED) is 0.437. The van der Waals surface area contributed by atoms with Gasteiger partial charge in [-0.1, -0.05) is 13.8 Å². The zero-order valence-electron chi connectivity index (χ0n) is 14.8. The lowest BCUT2D eigenvalue weighted by Gasteiger charge is -2.25. The summed E-state index contributed by atoms with van der Waals surface area (Å²) in [7, 11) is 0. The summed E-state index contributed by atoms with van der Waals surface area (Å²) < 4.78 is 5.18. The van der Waals surface area contributed by atoms with Crippen LogP contribution in [0.2, 0.25) is 0 Å². The lowest BCUT2D eigenvalue weighted by Crippen LogP contribution is -2.52. The number of unbranched alkanes of at least 4 members (excludes halogenated alkanes) is 1. The van der Waals surface area contributed by atoms with Crippen molar-refractivity contribution in [3.63, 3.8) is 0 Å². The smallest absolute Gasteiger partial charge is 0.408 e. The van der Waals surface area contributed by atoms with E-state index in [1.807, 2.05) is 13.8 Å². The Kier molecular flexibility index (Phi) is 9.48. The van der Waals surface area contributed by atoms with E-state index in [9.17, 15) is 14.4 Å². The highest BCUT2D eigenvalue weighted by Gasteiger charge is 2.26. The van der Waals surface area contributed by atoms with E-state index in [0.29, 0.717) is 25.7 Å². The Bertz CT molecular complexity index is 391. The van der Waals surface area contributed by atoms with Gasteiger partial charge in [0.1, 0.15) is 17.9 Å². The van der Waals surface area contributed by atoms with Crippen LogP contribution in [0.1, 0.15) is 53.9 Å². The first-order valence-corrected chi connectivity index (χ1v) is 8.06. The van der Waals surface area contributed by atoms with E-state index < -0.39 is 29.7 Å². The van der Waals surface area contributed by atoms with Crippen LogP contribution in [0.5, 0.6) is 0 Å². The van der Waals surface area contributed by atoms with Crippen LogP contribution < -0.4 is 16.4 Å². The summed E-state index contributed by atoms with van der Waals surface area (Å²) in [5, 5.41) is 5.22. The number of rotatable bonds is 9. The maximum Gasteiger partial charge on any atom is 0.408 e. The largest absolute Gasteiger partial charge is 0.444 e. The Balaban J connectivity index is 4.80. The number of hydrogen-bond donors (Lipinski definition) is 3. The molecule has 0 aliphatic rings. The van der Waals surface area contributed by atoms with Crippen molar-refractivity contribution in [2.75, 3.05) is 6.54 Å². The maximum atomic E-state index is 12.3. The van der Waals surface area contributed by atoms with Gasteiger partial charge < -0.3 is 25.9 Å². The Labute approximate surface area is 138 Å². The van der Waals surface area contributed by atoms with Gasteiger partial charge in [-0.05, 0) is 52.5 Å². The summed E-state index contributed by atoms with van der Waals surface area (Å²) in [6, 6.07) is -1.34. The van der Waals surface area contributed by atoms with E-state index in [1.165, 1.54) is 0 Å². The first kappa shape index (κ1) is 21.4. The van der Waals surface area contributed by atoms with Gasteiger partial charge >= 0.3 is 6.09 Å². The Morgan fingerprint density at radius 1 is 1.17 bits per heavy atom. The second-order valence-electron chi connectivity index (χ2n) is 6.90. The molecule has 0 saturated heterocycles. The van der Waals surface area contributed by atoms with Crippen molar-refractivity contribution >= 4 is 18.3 Å². The van der Waals surface area contributed by atoms with Crippen LogP contribution in [0.15, 0.2) is 0 Å². The van der Waals surface area contributed by atoms with E-state index >= 15 is 0 Å². The van der Waals surface area contributed by atoms with Gasteiger partial charge in [-0.3, -0.25) is 4.79 Å². The third-order valence-corrected chi connectivity index (χ3v) is 3.13. The van der Waals surface area contributed by atoms with Gasteiger partial charge in [0, 0.05) is 0 Å². The van der Waals surface area contributed by atoms with Crippen molar-refractivity contribution < 1.29 is 19.1 Å². The Morgan fingerprint density at radius 2 is 1.78 bits per heavy atom. The number of ether oxygens (including phenoxy) is 1. The molecule has 0 aliphatic carbocycles. The van der Waals surface area contributed by atoms with Crippen molar-refractivity contribution in [2.45, 2.75) is 71.6 Å². The maximum absolute atomic E-state index is 12.3. The first-order chi connectivity index (χ1) is 10.6. The molecule has 0 radical (unpaired) electrons. The topological polar surface area (TPSA) is 111 Å². The Morgan fingerprint density at radius 3 is 2.22 bits per heavy atom. The van der Waals surface area contributed by atoms with Gasteiger partial charge in [0.2, 0.25) is 5.91 Å². The third kappa shape index (κ3) is 9.89. The molecule has 0 aromatic carbocycles. The Hall–Kier alpha value is -1.63. The van der Waals surface area contributed by atoms with Crippen molar-refractivity contribution in [1.29, 1.82) is 0 Å². The second kappa shape index (κ2) is 10.2. The average molecular weight is 329 g/mol.